The monoisotopic (exact) mass is 248 g/mol. The average molecular weight is 248 g/mol. The summed E-state index contributed by atoms with van der Waals surface area (Å²) in [5, 5.41) is 2.92. The van der Waals surface area contributed by atoms with Gasteiger partial charge in [0.15, 0.2) is 0 Å². The maximum absolute atomic E-state index is 12.0. The molecule has 0 unspecified atom stereocenters. The van der Waals surface area contributed by atoms with Gasteiger partial charge in [-0.3, -0.25) is 4.79 Å². The van der Waals surface area contributed by atoms with Crippen LogP contribution in [0, 0.1) is 0 Å². The van der Waals surface area contributed by atoms with Gasteiger partial charge < -0.3 is 15.8 Å². The number of carbonyl (C=O) groups is 1. The number of rotatable bonds is 4. The summed E-state index contributed by atoms with van der Waals surface area (Å²) in [4.78, 5) is 12.0. The maximum Gasteiger partial charge on any atom is 0.240 e. The van der Waals surface area contributed by atoms with Crippen molar-refractivity contribution in [3.05, 3.63) is 35.9 Å². The van der Waals surface area contributed by atoms with Crippen LogP contribution in [0.25, 0.3) is 0 Å². The van der Waals surface area contributed by atoms with E-state index in [1.54, 1.807) is 0 Å². The number of benzene rings is 1. The lowest BCUT2D eigenvalue weighted by atomic mass is 9.90. The molecule has 0 aliphatic carbocycles. The summed E-state index contributed by atoms with van der Waals surface area (Å²) < 4.78 is 5.23. The normalized spacial score (nSPS) is 18.3. The van der Waals surface area contributed by atoms with Crippen molar-refractivity contribution in [2.75, 3.05) is 19.8 Å². The molecule has 0 saturated carbocycles. The van der Waals surface area contributed by atoms with E-state index < -0.39 is 5.54 Å². The van der Waals surface area contributed by atoms with E-state index in [1.165, 1.54) is 5.56 Å². The summed E-state index contributed by atoms with van der Waals surface area (Å²) in [5.74, 6) is -0.0540. The van der Waals surface area contributed by atoms with E-state index in [0.717, 1.165) is 6.42 Å². The van der Waals surface area contributed by atoms with E-state index >= 15 is 0 Å². The molecule has 1 heterocycles. The lowest BCUT2D eigenvalue weighted by Crippen LogP contribution is -2.57. The summed E-state index contributed by atoms with van der Waals surface area (Å²) in [7, 11) is 0. The fraction of sp³-hybridized carbons (Fsp3) is 0.500. The summed E-state index contributed by atoms with van der Waals surface area (Å²) in [6.45, 7) is 1.77. The zero-order valence-corrected chi connectivity index (χ0v) is 10.5. The topological polar surface area (TPSA) is 64.4 Å². The van der Waals surface area contributed by atoms with Crippen LogP contribution in [0.15, 0.2) is 30.3 Å². The Balaban J connectivity index is 1.78. The largest absolute Gasteiger partial charge is 0.381 e. The summed E-state index contributed by atoms with van der Waals surface area (Å²) in [6, 6.07) is 10.1. The molecule has 98 valence electrons. The number of nitrogens with one attached hydrogen (secondary N) is 1. The van der Waals surface area contributed by atoms with Gasteiger partial charge in [-0.1, -0.05) is 30.3 Å². The second-order valence-corrected chi connectivity index (χ2v) is 4.76. The molecule has 4 heteroatoms. The first-order valence-corrected chi connectivity index (χ1v) is 6.40. The Hall–Kier alpha value is -1.39. The third kappa shape index (κ3) is 3.31. The number of hydrogen-bond donors (Lipinski definition) is 2. The van der Waals surface area contributed by atoms with Crippen LogP contribution < -0.4 is 11.1 Å². The Morgan fingerprint density at radius 2 is 1.94 bits per heavy atom. The standard InChI is InChI=1S/C14H20N2O2/c15-14(7-10-18-11-8-14)13(17)16-9-6-12-4-2-1-3-5-12/h1-5H,6-11,15H2,(H,16,17). The Morgan fingerprint density at radius 1 is 1.28 bits per heavy atom. The molecule has 1 aromatic rings. The Kier molecular flexibility index (Phi) is 4.33. The first kappa shape index (κ1) is 13.1. The first-order valence-electron chi connectivity index (χ1n) is 6.40. The Morgan fingerprint density at radius 3 is 2.61 bits per heavy atom. The van der Waals surface area contributed by atoms with E-state index in [4.69, 9.17) is 10.5 Å². The van der Waals surface area contributed by atoms with E-state index in [2.05, 4.69) is 17.4 Å². The van der Waals surface area contributed by atoms with E-state index in [0.29, 0.717) is 32.6 Å². The van der Waals surface area contributed by atoms with Crippen molar-refractivity contribution >= 4 is 5.91 Å². The minimum Gasteiger partial charge on any atom is -0.381 e. The van der Waals surface area contributed by atoms with Crippen molar-refractivity contribution in [3.63, 3.8) is 0 Å². The fourth-order valence-electron chi connectivity index (χ4n) is 2.10. The highest BCUT2D eigenvalue weighted by atomic mass is 16.5. The van der Waals surface area contributed by atoms with Crippen molar-refractivity contribution in [2.45, 2.75) is 24.8 Å². The molecule has 1 aromatic carbocycles. The minimum atomic E-state index is -0.741. The van der Waals surface area contributed by atoms with Gasteiger partial charge in [0.1, 0.15) is 0 Å². The predicted molar refractivity (Wildman–Crippen MR) is 70.1 cm³/mol. The zero-order chi connectivity index (χ0) is 12.8. The molecular weight excluding hydrogens is 228 g/mol. The molecule has 2 rings (SSSR count). The van der Waals surface area contributed by atoms with Gasteiger partial charge in [0.05, 0.1) is 5.54 Å². The molecule has 0 aromatic heterocycles. The SMILES string of the molecule is NC1(C(=O)NCCc2ccccc2)CCOCC1. The molecular formula is C14H20N2O2. The molecule has 3 N–H and O–H groups in total. The van der Waals surface area contributed by atoms with E-state index in [9.17, 15) is 4.79 Å². The van der Waals surface area contributed by atoms with Crippen LogP contribution in [-0.2, 0) is 16.0 Å². The number of carbonyl (C=O) groups excluding carboxylic acids is 1. The summed E-state index contributed by atoms with van der Waals surface area (Å²) in [5.41, 5.74) is 6.57. The third-order valence-corrected chi connectivity index (χ3v) is 3.38. The average Bonchev–Trinajstić information content (AvgIpc) is 2.41. The molecule has 1 saturated heterocycles. The Labute approximate surface area is 108 Å². The predicted octanol–water partition coefficient (Wildman–Crippen LogP) is 0.853. The highest BCUT2D eigenvalue weighted by molar-refractivity contribution is 5.86. The zero-order valence-electron chi connectivity index (χ0n) is 10.5. The molecule has 1 aliphatic rings. The molecule has 1 fully saturated rings. The van der Waals surface area contributed by atoms with Gasteiger partial charge in [-0.05, 0) is 24.8 Å². The summed E-state index contributed by atoms with van der Waals surface area (Å²) in [6.07, 6.45) is 2.04. The molecule has 0 bridgehead atoms. The second-order valence-electron chi connectivity index (χ2n) is 4.76. The highest BCUT2D eigenvalue weighted by Gasteiger charge is 2.35. The Bertz CT molecular complexity index is 386. The van der Waals surface area contributed by atoms with Crippen molar-refractivity contribution in [2.24, 2.45) is 5.73 Å². The number of amides is 1. The van der Waals surface area contributed by atoms with Crippen molar-refractivity contribution < 1.29 is 9.53 Å². The van der Waals surface area contributed by atoms with Crippen LogP contribution in [0.5, 0.6) is 0 Å². The van der Waals surface area contributed by atoms with Gasteiger partial charge in [-0.2, -0.15) is 0 Å². The van der Waals surface area contributed by atoms with Gasteiger partial charge in [0.2, 0.25) is 5.91 Å². The lowest BCUT2D eigenvalue weighted by molar-refractivity contribution is -0.129. The van der Waals surface area contributed by atoms with E-state index in [-0.39, 0.29) is 5.91 Å². The molecule has 0 atom stereocenters. The number of hydrogen-bond acceptors (Lipinski definition) is 3. The van der Waals surface area contributed by atoms with Gasteiger partial charge in [0, 0.05) is 19.8 Å². The summed E-state index contributed by atoms with van der Waals surface area (Å²) >= 11 is 0. The molecule has 1 amide bonds. The van der Waals surface area contributed by atoms with Crippen LogP contribution in [0.1, 0.15) is 18.4 Å². The van der Waals surface area contributed by atoms with Gasteiger partial charge >= 0.3 is 0 Å². The fourth-order valence-corrected chi connectivity index (χ4v) is 2.10. The van der Waals surface area contributed by atoms with Crippen LogP contribution in [0.3, 0.4) is 0 Å². The second kappa shape index (κ2) is 5.98. The lowest BCUT2D eigenvalue weighted by Gasteiger charge is -2.31. The van der Waals surface area contributed by atoms with Crippen molar-refractivity contribution in [3.8, 4) is 0 Å². The number of ether oxygens (including phenoxy) is 1. The minimum absolute atomic E-state index is 0.0540. The number of nitrogens with two attached hydrogens (primary N) is 1. The van der Waals surface area contributed by atoms with Crippen LogP contribution in [0.4, 0.5) is 0 Å². The molecule has 18 heavy (non-hydrogen) atoms. The van der Waals surface area contributed by atoms with Crippen LogP contribution >= 0.6 is 0 Å². The van der Waals surface area contributed by atoms with Crippen molar-refractivity contribution in [1.82, 2.24) is 5.32 Å². The smallest absolute Gasteiger partial charge is 0.240 e. The molecule has 0 spiro atoms. The van der Waals surface area contributed by atoms with Gasteiger partial charge in [-0.25, -0.2) is 0 Å². The van der Waals surface area contributed by atoms with E-state index in [1.807, 2.05) is 18.2 Å². The van der Waals surface area contributed by atoms with Crippen LogP contribution in [0.2, 0.25) is 0 Å². The molecule has 4 nitrogen and oxygen atoms in total. The van der Waals surface area contributed by atoms with Gasteiger partial charge in [0.25, 0.3) is 0 Å². The van der Waals surface area contributed by atoms with Crippen molar-refractivity contribution in [1.29, 1.82) is 0 Å². The third-order valence-electron chi connectivity index (χ3n) is 3.38. The van der Waals surface area contributed by atoms with Crippen LogP contribution in [-0.4, -0.2) is 31.2 Å². The highest BCUT2D eigenvalue weighted by Crippen LogP contribution is 2.17. The molecule has 1 aliphatic heterocycles. The quantitative estimate of drug-likeness (QED) is 0.830. The maximum atomic E-state index is 12.0. The van der Waals surface area contributed by atoms with Gasteiger partial charge in [-0.15, -0.1) is 0 Å². The molecule has 0 radical (unpaired) electrons. The first-order chi connectivity index (χ1) is 8.71.